The molecule has 1 heterocycles. The summed E-state index contributed by atoms with van der Waals surface area (Å²) in [5.74, 6) is -3.40. The molecule has 4 atom stereocenters. The van der Waals surface area contributed by atoms with E-state index in [1.54, 1.807) is 24.3 Å². The van der Waals surface area contributed by atoms with E-state index in [9.17, 15) is 37.3 Å². The zero-order chi connectivity index (χ0) is 23.0. The maximum atomic E-state index is 14.0. The molecule has 0 saturated carbocycles. The van der Waals surface area contributed by atoms with E-state index >= 15 is 0 Å². The second-order valence-electron chi connectivity index (χ2n) is 7.28. The average molecular weight is 448 g/mol. The lowest BCUT2D eigenvalue weighted by Crippen LogP contribution is -2.59. The van der Waals surface area contributed by atoms with Gasteiger partial charge in [0.2, 0.25) is 0 Å². The molecule has 0 bridgehead atoms. The Morgan fingerprint density at radius 1 is 1.06 bits per heavy atom. The number of ether oxygens (including phenoxy) is 2. The number of aliphatic hydroxyl groups is 3. The summed E-state index contributed by atoms with van der Waals surface area (Å²) in [7, 11) is 1.45. The molecule has 1 fully saturated rings. The van der Waals surface area contributed by atoms with E-state index in [1.165, 1.54) is 7.11 Å². The summed E-state index contributed by atoms with van der Waals surface area (Å²) < 4.78 is 78.7. The second kappa shape index (κ2) is 8.70. The van der Waals surface area contributed by atoms with Crippen molar-refractivity contribution in [2.24, 2.45) is 0 Å². The average Bonchev–Trinajstić information content (AvgIpc) is 2.72. The first-order chi connectivity index (χ1) is 14.5. The van der Waals surface area contributed by atoms with Gasteiger partial charge in [-0.15, -0.1) is 0 Å². The van der Waals surface area contributed by atoms with Crippen LogP contribution in [0.25, 0.3) is 0 Å². The van der Waals surface area contributed by atoms with E-state index in [4.69, 9.17) is 9.47 Å². The Kier molecular flexibility index (Phi) is 6.56. The molecular weight excluding hydrogens is 427 g/mol. The number of hydrogen-bond donors (Lipinski definition) is 3. The van der Waals surface area contributed by atoms with E-state index in [2.05, 4.69) is 0 Å². The van der Waals surface area contributed by atoms with Crippen molar-refractivity contribution in [2.45, 2.75) is 42.9 Å². The third-order valence-electron chi connectivity index (χ3n) is 5.25. The van der Waals surface area contributed by atoms with Crippen LogP contribution in [0.4, 0.5) is 22.0 Å². The smallest absolute Gasteiger partial charge is 0.416 e. The van der Waals surface area contributed by atoms with Gasteiger partial charge in [0.05, 0.1) is 19.3 Å². The normalized spacial score (nSPS) is 26.0. The highest BCUT2D eigenvalue weighted by Crippen LogP contribution is 2.42. The van der Waals surface area contributed by atoms with E-state index in [0.717, 1.165) is 18.2 Å². The number of rotatable bonds is 5. The van der Waals surface area contributed by atoms with Crippen LogP contribution in [-0.4, -0.2) is 53.3 Å². The quantitative estimate of drug-likeness (QED) is 0.613. The van der Waals surface area contributed by atoms with Crippen LogP contribution in [0.5, 0.6) is 5.75 Å². The summed E-state index contributed by atoms with van der Waals surface area (Å²) >= 11 is 0. The molecule has 0 amide bonds. The lowest BCUT2D eigenvalue weighted by molar-refractivity contribution is -0.296. The summed E-state index contributed by atoms with van der Waals surface area (Å²) in [6.45, 7) is -1.15. The van der Waals surface area contributed by atoms with Crippen LogP contribution in [0.15, 0.2) is 42.5 Å². The SMILES string of the molecule is COc1ccc(Cc2cc(C3OC(CO)C(F)(F)C(O)C3O)ccc2C(F)(F)F)cc1. The van der Waals surface area contributed by atoms with Gasteiger partial charge in [-0.2, -0.15) is 13.2 Å². The molecule has 0 aliphatic carbocycles. The molecule has 1 aliphatic heterocycles. The minimum absolute atomic E-state index is 0.0305. The standard InChI is InChI=1S/C21H21F5O5/c1-30-14-5-2-11(3-6-14)8-13-9-12(4-7-15(13)21(24,25)26)18-17(28)19(29)20(22,23)16(10-27)31-18/h2-7,9,16-19,27-29H,8,10H2,1H3. The minimum atomic E-state index is -4.67. The van der Waals surface area contributed by atoms with E-state index in [1.807, 2.05) is 0 Å². The van der Waals surface area contributed by atoms with Gasteiger partial charge in [0, 0.05) is 0 Å². The molecule has 0 spiro atoms. The zero-order valence-electron chi connectivity index (χ0n) is 16.3. The molecule has 10 heteroatoms. The molecule has 3 rings (SSSR count). The summed E-state index contributed by atoms with van der Waals surface area (Å²) in [6.07, 6.45) is -13.2. The van der Waals surface area contributed by atoms with Crippen LogP contribution in [0.3, 0.4) is 0 Å². The van der Waals surface area contributed by atoms with Crippen molar-refractivity contribution in [1.29, 1.82) is 0 Å². The third kappa shape index (κ3) is 4.67. The van der Waals surface area contributed by atoms with Gasteiger partial charge < -0.3 is 24.8 Å². The van der Waals surface area contributed by atoms with Gasteiger partial charge in [0.1, 0.15) is 30.2 Å². The maximum absolute atomic E-state index is 14.0. The van der Waals surface area contributed by atoms with Gasteiger partial charge in [0.15, 0.2) is 0 Å². The molecule has 2 aromatic carbocycles. The van der Waals surface area contributed by atoms with Crippen molar-refractivity contribution in [3.63, 3.8) is 0 Å². The number of aliphatic hydroxyl groups excluding tert-OH is 3. The van der Waals surface area contributed by atoms with E-state index in [-0.39, 0.29) is 17.5 Å². The molecule has 4 unspecified atom stereocenters. The Bertz CT molecular complexity index is 896. The first kappa shape index (κ1) is 23.4. The van der Waals surface area contributed by atoms with Gasteiger partial charge >= 0.3 is 12.1 Å². The second-order valence-corrected chi connectivity index (χ2v) is 7.28. The number of halogens is 5. The van der Waals surface area contributed by atoms with Crippen molar-refractivity contribution < 1.29 is 46.7 Å². The molecule has 0 aromatic heterocycles. The third-order valence-corrected chi connectivity index (χ3v) is 5.25. The van der Waals surface area contributed by atoms with Crippen LogP contribution < -0.4 is 4.74 Å². The van der Waals surface area contributed by atoms with Crippen molar-refractivity contribution in [1.82, 2.24) is 0 Å². The van der Waals surface area contributed by atoms with E-state index in [0.29, 0.717) is 11.3 Å². The monoisotopic (exact) mass is 448 g/mol. The summed E-state index contributed by atoms with van der Waals surface area (Å²) in [6, 6.07) is 9.23. The number of benzene rings is 2. The van der Waals surface area contributed by atoms with Gasteiger partial charge in [-0.25, -0.2) is 8.78 Å². The first-order valence-electron chi connectivity index (χ1n) is 9.32. The Hall–Kier alpha value is -2.27. The number of alkyl halides is 5. The fourth-order valence-corrected chi connectivity index (χ4v) is 3.55. The van der Waals surface area contributed by atoms with Gasteiger partial charge in [-0.3, -0.25) is 0 Å². The summed E-state index contributed by atoms with van der Waals surface area (Å²) in [5.41, 5.74) is -0.592. The first-order valence-corrected chi connectivity index (χ1v) is 9.32. The fourth-order valence-electron chi connectivity index (χ4n) is 3.55. The Morgan fingerprint density at radius 3 is 2.26 bits per heavy atom. The van der Waals surface area contributed by atoms with Crippen molar-refractivity contribution in [3.05, 3.63) is 64.7 Å². The molecule has 1 saturated heterocycles. The fraction of sp³-hybridized carbons (Fsp3) is 0.429. The lowest BCUT2D eigenvalue weighted by atomic mass is 9.88. The van der Waals surface area contributed by atoms with Crippen LogP contribution in [0, 0.1) is 0 Å². The molecule has 5 nitrogen and oxygen atoms in total. The van der Waals surface area contributed by atoms with E-state index < -0.39 is 48.7 Å². The van der Waals surface area contributed by atoms with Gasteiger partial charge in [-0.1, -0.05) is 24.3 Å². The Balaban J connectivity index is 1.99. The van der Waals surface area contributed by atoms with Crippen LogP contribution >= 0.6 is 0 Å². The molecule has 0 radical (unpaired) electrons. The maximum Gasteiger partial charge on any atom is 0.416 e. The van der Waals surface area contributed by atoms with Crippen molar-refractivity contribution >= 4 is 0 Å². The molecule has 2 aromatic rings. The highest BCUT2D eigenvalue weighted by atomic mass is 19.4. The number of hydrogen-bond acceptors (Lipinski definition) is 5. The highest BCUT2D eigenvalue weighted by Gasteiger charge is 2.57. The van der Waals surface area contributed by atoms with Crippen LogP contribution in [-0.2, 0) is 17.3 Å². The molecule has 31 heavy (non-hydrogen) atoms. The summed E-state index contributed by atoms with van der Waals surface area (Å²) in [4.78, 5) is 0. The molecule has 1 aliphatic rings. The predicted octanol–water partition coefficient (Wildman–Crippen LogP) is 3.09. The predicted molar refractivity (Wildman–Crippen MR) is 98.9 cm³/mol. The van der Waals surface area contributed by atoms with Crippen molar-refractivity contribution in [2.75, 3.05) is 13.7 Å². The topological polar surface area (TPSA) is 79.2 Å². The Morgan fingerprint density at radius 2 is 1.71 bits per heavy atom. The van der Waals surface area contributed by atoms with Gasteiger partial charge in [-0.05, 0) is 41.3 Å². The lowest BCUT2D eigenvalue weighted by Gasteiger charge is -2.42. The molecule has 170 valence electrons. The largest absolute Gasteiger partial charge is 0.497 e. The highest BCUT2D eigenvalue weighted by molar-refractivity contribution is 5.40. The van der Waals surface area contributed by atoms with Crippen LogP contribution in [0.2, 0.25) is 0 Å². The molecular formula is C21H21F5O5. The Labute approximate surface area is 174 Å². The zero-order valence-corrected chi connectivity index (χ0v) is 16.3. The summed E-state index contributed by atoms with van der Waals surface area (Å²) in [5, 5.41) is 29.1. The van der Waals surface area contributed by atoms with Crippen LogP contribution in [0.1, 0.15) is 28.4 Å². The number of methoxy groups -OCH3 is 1. The van der Waals surface area contributed by atoms with Gasteiger partial charge in [0.25, 0.3) is 0 Å². The minimum Gasteiger partial charge on any atom is -0.497 e. The van der Waals surface area contributed by atoms with Crippen molar-refractivity contribution in [3.8, 4) is 5.75 Å². The molecule has 3 N–H and O–H groups in total.